The van der Waals surface area contributed by atoms with Crippen LogP contribution in [0.25, 0.3) is 0 Å². The second-order valence-electron chi connectivity index (χ2n) is 7.22. The number of carbonyl (C=O) groups is 3. The summed E-state index contributed by atoms with van der Waals surface area (Å²) >= 11 is 0. The molecule has 2 aliphatic heterocycles. The third-order valence-electron chi connectivity index (χ3n) is 5.18. The van der Waals surface area contributed by atoms with E-state index in [2.05, 4.69) is 0 Å². The van der Waals surface area contributed by atoms with Crippen LogP contribution in [-0.4, -0.2) is 33.4 Å². The molecule has 2 heterocycles. The van der Waals surface area contributed by atoms with Crippen molar-refractivity contribution in [3.05, 3.63) is 82.9 Å². The van der Waals surface area contributed by atoms with E-state index in [1.54, 1.807) is 48.5 Å². The minimum Gasteiger partial charge on any atom is -0.456 e. The molecule has 0 radical (unpaired) electrons. The minimum absolute atomic E-state index is 0.290. The Balaban J connectivity index is 1.76. The second-order valence-corrected chi connectivity index (χ2v) is 7.22. The van der Waals surface area contributed by atoms with Gasteiger partial charge in [0.15, 0.2) is 5.60 Å². The second kappa shape index (κ2) is 6.77. The number of hydrogen-bond donors (Lipinski definition) is 0. The first-order chi connectivity index (χ1) is 14.9. The number of esters is 1. The molecule has 0 saturated carbocycles. The SMILES string of the molecule is BC(=O)Oc1ccc2c(c1)Oc1cc(OC(B)=O)ccc1C21OC(=O)c2ccccc21. The monoisotopic (exact) mass is 412 g/mol. The highest BCUT2D eigenvalue weighted by Gasteiger charge is 2.53. The van der Waals surface area contributed by atoms with E-state index in [0.29, 0.717) is 45.3 Å². The molecule has 3 aromatic rings. The fourth-order valence-electron chi connectivity index (χ4n) is 4.10. The molecule has 0 atom stereocenters. The van der Waals surface area contributed by atoms with E-state index < -0.39 is 23.3 Å². The van der Waals surface area contributed by atoms with Crippen molar-refractivity contribution in [2.75, 3.05) is 0 Å². The molecule has 2 aliphatic rings. The van der Waals surface area contributed by atoms with Gasteiger partial charge in [0.1, 0.15) is 23.0 Å². The molecule has 0 unspecified atom stereocenters. The summed E-state index contributed by atoms with van der Waals surface area (Å²) in [5.74, 6) is -0.104. The Morgan fingerprint density at radius 3 is 1.87 bits per heavy atom. The van der Waals surface area contributed by atoms with Gasteiger partial charge in [-0.3, -0.25) is 9.59 Å². The van der Waals surface area contributed by atoms with Crippen LogP contribution in [0.15, 0.2) is 60.7 Å². The Bertz CT molecular complexity index is 1220. The third-order valence-corrected chi connectivity index (χ3v) is 5.18. The van der Waals surface area contributed by atoms with Crippen LogP contribution in [0, 0.1) is 0 Å². The largest absolute Gasteiger partial charge is 0.456 e. The fraction of sp³-hybridized carbons (Fsp3) is 0.0455. The first-order valence-corrected chi connectivity index (χ1v) is 9.55. The van der Waals surface area contributed by atoms with Crippen molar-refractivity contribution in [2.45, 2.75) is 5.60 Å². The highest BCUT2D eigenvalue weighted by molar-refractivity contribution is 6.55. The standard InChI is InChI=1S/C22H14B2O7/c23-20(26)28-11-5-7-15-17(9-11)30-18-10-12(29-21(24)27)6-8-16(18)22(15)14-4-2-1-3-13(14)19(25)31-22/h1-10H,23-24H2. The third kappa shape index (κ3) is 2.89. The Labute approximate surface area is 178 Å². The van der Waals surface area contributed by atoms with Crippen LogP contribution in [0.2, 0.25) is 0 Å². The summed E-state index contributed by atoms with van der Waals surface area (Å²) in [5, 5.41) is 0. The van der Waals surface area contributed by atoms with Gasteiger partial charge >= 0.3 is 5.97 Å². The van der Waals surface area contributed by atoms with Crippen LogP contribution in [0.5, 0.6) is 23.0 Å². The molecule has 0 amide bonds. The molecule has 0 aliphatic carbocycles. The lowest BCUT2D eigenvalue weighted by Gasteiger charge is -2.36. The lowest BCUT2D eigenvalue weighted by molar-refractivity contribution is 0.0224. The minimum atomic E-state index is -1.25. The van der Waals surface area contributed by atoms with E-state index in [9.17, 15) is 14.4 Å². The van der Waals surface area contributed by atoms with Crippen LogP contribution >= 0.6 is 0 Å². The molecule has 31 heavy (non-hydrogen) atoms. The van der Waals surface area contributed by atoms with Gasteiger partial charge in [0.25, 0.3) is 0 Å². The van der Waals surface area contributed by atoms with Crippen LogP contribution < -0.4 is 14.2 Å². The number of benzene rings is 3. The molecule has 5 rings (SSSR count). The van der Waals surface area contributed by atoms with Gasteiger partial charge in [-0.15, -0.1) is 0 Å². The first kappa shape index (κ1) is 19.0. The maximum absolute atomic E-state index is 12.8. The summed E-state index contributed by atoms with van der Waals surface area (Å²) in [5.41, 5.74) is 1.06. The van der Waals surface area contributed by atoms with Gasteiger partial charge in [0.05, 0.1) is 5.56 Å². The summed E-state index contributed by atoms with van der Waals surface area (Å²) < 4.78 is 22.5. The van der Waals surface area contributed by atoms with Crippen molar-refractivity contribution < 1.29 is 33.3 Å². The van der Waals surface area contributed by atoms with Gasteiger partial charge in [-0.2, -0.15) is 0 Å². The molecular formula is C22H14B2O7. The fourth-order valence-corrected chi connectivity index (χ4v) is 4.10. The van der Waals surface area contributed by atoms with E-state index >= 15 is 0 Å². The molecule has 7 nitrogen and oxygen atoms in total. The summed E-state index contributed by atoms with van der Waals surface area (Å²) in [6.45, 7) is 0. The maximum Gasteiger partial charge on any atom is 0.340 e. The number of rotatable bonds is 2. The Kier molecular flexibility index (Phi) is 4.15. The number of hydrogen-bond acceptors (Lipinski definition) is 7. The van der Waals surface area contributed by atoms with Crippen LogP contribution in [0.1, 0.15) is 27.0 Å². The summed E-state index contributed by atoms with van der Waals surface area (Å²) in [4.78, 5) is 35.6. The average molecular weight is 412 g/mol. The van der Waals surface area contributed by atoms with E-state index in [1.165, 1.54) is 15.7 Å². The quantitative estimate of drug-likeness (QED) is 0.472. The van der Waals surface area contributed by atoms with Gasteiger partial charge in [-0.05, 0) is 30.3 Å². The van der Waals surface area contributed by atoms with Gasteiger partial charge < -0.3 is 18.9 Å². The molecule has 0 bridgehead atoms. The molecular weight excluding hydrogens is 398 g/mol. The van der Waals surface area contributed by atoms with Crippen molar-refractivity contribution in [3.8, 4) is 23.0 Å². The van der Waals surface area contributed by atoms with Crippen LogP contribution in [-0.2, 0) is 10.3 Å². The summed E-state index contributed by atoms with van der Waals surface area (Å²) in [7, 11) is 2.61. The first-order valence-electron chi connectivity index (χ1n) is 9.55. The van der Waals surface area contributed by atoms with E-state index in [0.717, 1.165) is 0 Å². The summed E-state index contributed by atoms with van der Waals surface area (Å²) in [6.07, 6.45) is 0. The van der Waals surface area contributed by atoms with Gasteiger partial charge in [0, 0.05) is 28.8 Å². The average Bonchev–Trinajstić information content (AvgIpc) is 3.00. The van der Waals surface area contributed by atoms with E-state index in [-0.39, 0.29) is 0 Å². The Morgan fingerprint density at radius 1 is 0.774 bits per heavy atom. The molecule has 1 spiro atoms. The smallest absolute Gasteiger partial charge is 0.340 e. The number of fused-ring (bicyclic) bond motifs is 6. The molecule has 0 aromatic heterocycles. The molecule has 0 saturated heterocycles. The Hall–Kier alpha value is -4.00. The number of ether oxygens (including phenoxy) is 4. The molecule has 9 heteroatoms. The zero-order valence-corrected chi connectivity index (χ0v) is 16.6. The molecule has 0 fully saturated rings. The topological polar surface area (TPSA) is 88.1 Å². The maximum atomic E-state index is 12.8. The zero-order valence-electron chi connectivity index (χ0n) is 16.6. The lowest BCUT2D eigenvalue weighted by atomic mass is 9.77. The van der Waals surface area contributed by atoms with E-state index in [1.807, 2.05) is 12.1 Å². The van der Waals surface area contributed by atoms with Crippen LogP contribution in [0.4, 0.5) is 9.59 Å². The van der Waals surface area contributed by atoms with Crippen molar-refractivity contribution in [1.29, 1.82) is 0 Å². The van der Waals surface area contributed by atoms with Gasteiger partial charge in [-0.25, -0.2) is 4.79 Å². The normalized spacial score (nSPS) is 14.5. The summed E-state index contributed by atoms with van der Waals surface area (Å²) in [6, 6.07) is 16.9. The molecule has 150 valence electrons. The van der Waals surface area contributed by atoms with Crippen molar-refractivity contribution in [2.24, 2.45) is 0 Å². The van der Waals surface area contributed by atoms with Crippen LogP contribution in [0.3, 0.4) is 0 Å². The highest BCUT2D eigenvalue weighted by Crippen LogP contribution is 2.57. The Morgan fingerprint density at radius 2 is 1.32 bits per heavy atom. The lowest BCUT2D eigenvalue weighted by Crippen LogP contribution is -2.33. The van der Waals surface area contributed by atoms with Gasteiger partial charge in [0.2, 0.25) is 27.4 Å². The van der Waals surface area contributed by atoms with Gasteiger partial charge in [-0.1, -0.05) is 18.2 Å². The van der Waals surface area contributed by atoms with Crippen molar-refractivity contribution in [1.82, 2.24) is 0 Å². The zero-order chi connectivity index (χ0) is 21.8. The number of carbonyl (C=O) groups excluding carboxylic acids is 3. The van der Waals surface area contributed by atoms with Crippen molar-refractivity contribution >= 4 is 33.4 Å². The highest BCUT2D eigenvalue weighted by atomic mass is 16.6. The van der Waals surface area contributed by atoms with E-state index in [4.69, 9.17) is 18.9 Å². The van der Waals surface area contributed by atoms with Crippen molar-refractivity contribution in [3.63, 3.8) is 0 Å². The molecule has 0 N–H and O–H groups in total. The predicted octanol–water partition coefficient (Wildman–Crippen LogP) is 2.52. The molecule has 3 aromatic carbocycles. The predicted molar refractivity (Wildman–Crippen MR) is 114 cm³/mol.